The van der Waals surface area contributed by atoms with Gasteiger partial charge in [-0.3, -0.25) is 0 Å². The molecule has 0 aliphatic rings. The number of thioether (sulfide) groups is 1. The number of nitrogens with zero attached hydrogens (tertiary/aromatic N) is 3. The molecule has 9 heteroatoms. The Kier molecular flexibility index (Phi) is 4.42. The highest BCUT2D eigenvalue weighted by molar-refractivity contribution is 7.98. The SMILES string of the molecule is CSc1cc(C#N)nn1-c1c(Cl)cc(C(F)(F)F)cc1Cl. The van der Waals surface area contributed by atoms with Crippen LogP contribution in [0.25, 0.3) is 5.69 Å². The molecular formula is C12H6Cl2F3N3S. The average Bonchev–Trinajstić information content (AvgIpc) is 2.80. The van der Waals surface area contributed by atoms with E-state index >= 15 is 0 Å². The van der Waals surface area contributed by atoms with Crippen LogP contribution < -0.4 is 0 Å². The molecule has 0 aliphatic heterocycles. The van der Waals surface area contributed by atoms with Gasteiger partial charge < -0.3 is 0 Å². The lowest BCUT2D eigenvalue weighted by Crippen LogP contribution is -2.07. The van der Waals surface area contributed by atoms with Gasteiger partial charge in [-0.05, 0) is 18.4 Å². The van der Waals surface area contributed by atoms with Gasteiger partial charge in [0.25, 0.3) is 0 Å². The van der Waals surface area contributed by atoms with Crippen molar-refractivity contribution in [3.63, 3.8) is 0 Å². The van der Waals surface area contributed by atoms with Gasteiger partial charge in [0.1, 0.15) is 16.8 Å². The molecule has 2 aromatic rings. The molecule has 0 amide bonds. The molecule has 0 bridgehead atoms. The maximum atomic E-state index is 12.7. The lowest BCUT2D eigenvalue weighted by Gasteiger charge is -2.13. The normalized spacial score (nSPS) is 11.5. The topological polar surface area (TPSA) is 41.6 Å². The van der Waals surface area contributed by atoms with E-state index in [-0.39, 0.29) is 21.4 Å². The number of nitriles is 1. The Morgan fingerprint density at radius 3 is 2.24 bits per heavy atom. The molecule has 0 aliphatic carbocycles. The summed E-state index contributed by atoms with van der Waals surface area (Å²) >= 11 is 13.1. The molecule has 0 unspecified atom stereocenters. The maximum Gasteiger partial charge on any atom is 0.416 e. The molecule has 1 aromatic heterocycles. The zero-order chi connectivity index (χ0) is 15.8. The largest absolute Gasteiger partial charge is 0.416 e. The number of halogens is 5. The van der Waals surface area contributed by atoms with Crippen LogP contribution in [0.2, 0.25) is 10.0 Å². The van der Waals surface area contributed by atoms with E-state index < -0.39 is 11.7 Å². The number of benzene rings is 1. The fourth-order valence-electron chi connectivity index (χ4n) is 1.66. The van der Waals surface area contributed by atoms with Crippen molar-refractivity contribution in [2.75, 3.05) is 6.26 Å². The van der Waals surface area contributed by atoms with Gasteiger partial charge in [-0.1, -0.05) is 23.2 Å². The predicted molar refractivity (Wildman–Crippen MR) is 75.1 cm³/mol. The van der Waals surface area contributed by atoms with E-state index in [1.54, 1.807) is 6.26 Å². The number of hydrogen-bond acceptors (Lipinski definition) is 3. The highest BCUT2D eigenvalue weighted by atomic mass is 35.5. The molecule has 0 atom stereocenters. The quantitative estimate of drug-likeness (QED) is 0.730. The molecule has 3 nitrogen and oxygen atoms in total. The van der Waals surface area contributed by atoms with Gasteiger partial charge in [0.2, 0.25) is 0 Å². The van der Waals surface area contributed by atoms with Gasteiger partial charge in [0, 0.05) is 6.07 Å². The number of hydrogen-bond donors (Lipinski definition) is 0. The number of aromatic nitrogens is 2. The van der Waals surface area contributed by atoms with E-state index in [1.807, 2.05) is 6.07 Å². The average molecular weight is 352 g/mol. The Morgan fingerprint density at radius 2 is 1.81 bits per heavy atom. The van der Waals surface area contributed by atoms with Crippen LogP contribution in [0, 0.1) is 11.3 Å². The lowest BCUT2D eigenvalue weighted by molar-refractivity contribution is -0.137. The van der Waals surface area contributed by atoms with E-state index in [4.69, 9.17) is 28.5 Å². The Labute approximate surface area is 132 Å². The van der Waals surface area contributed by atoms with Crippen molar-refractivity contribution in [2.45, 2.75) is 11.2 Å². The van der Waals surface area contributed by atoms with Crippen molar-refractivity contribution in [1.82, 2.24) is 9.78 Å². The molecule has 0 radical (unpaired) electrons. The summed E-state index contributed by atoms with van der Waals surface area (Å²) in [6.07, 6.45) is -2.81. The van der Waals surface area contributed by atoms with E-state index in [9.17, 15) is 13.2 Å². The molecule has 0 saturated heterocycles. The summed E-state index contributed by atoms with van der Waals surface area (Å²) in [6.45, 7) is 0. The van der Waals surface area contributed by atoms with E-state index in [2.05, 4.69) is 5.10 Å². The van der Waals surface area contributed by atoms with Crippen molar-refractivity contribution < 1.29 is 13.2 Å². The Hall–Kier alpha value is -1.36. The summed E-state index contributed by atoms with van der Waals surface area (Å²) in [4.78, 5) is 0. The van der Waals surface area contributed by atoms with Gasteiger partial charge >= 0.3 is 6.18 Å². The predicted octanol–water partition coefficient (Wildman–Crippen LogP) is 4.79. The zero-order valence-electron chi connectivity index (χ0n) is 10.4. The summed E-state index contributed by atoms with van der Waals surface area (Å²) in [5, 5.41) is 13.0. The van der Waals surface area contributed by atoms with Crippen LogP contribution in [-0.4, -0.2) is 16.0 Å². The van der Waals surface area contributed by atoms with Gasteiger partial charge in [0.15, 0.2) is 5.69 Å². The summed E-state index contributed by atoms with van der Waals surface area (Å²) in [6, 6.07) is 4.91. The molecule has 0 fully saturated rings. The van der Waals surface area contributed by atoms with Crippen molar-refractivity contribution in [1.29, 1.82) is 5.26 Å². The van der Waals surface area contributed by atoms with Crippen molar-refractivity contribution >= 4 is 35.0 Å². The highest BCUT2D eigenvalue weighted by Gasteiger charge is 2.32. The minimum atomic E-state index is -4.55. The third kappa shape index (κ3) is 3.12. The Balaban J connectivity index is 2.66. The van der Waals surface area contributed by atoms with Gasteiger partial charge in [-0.25, -0.2) is 4.68 Å². The summed E-state index contributed by atoms with van der Waals surface area (Å²) < 4.78 is 39.4. The molecule has 1 aromatic carbocycles. The highest BCUT2D eigenvalue weighted by Crippen LogP contribution is 2.38. The minimum Gasteiger partial charge on any atom is -0.223 e. The van der Waals surface area contributed by atoms with Gasteiger partial charge in [0.05, 0.1) is 15.6 Å². The van der Waals surface area contributed by atoms with Gasteiger partial charge in [-0.2, -0.15) is 23.5 Å². The molecule has 0 spiro atoms. The fraction of sp³-hybridized carbons (Fsp3) is 0.167. The van der Waals surface area contributed by atoms with Crippen molar-refractivity contribution in [3.8, 4) is 11.8 Å². The van der Waals surface area contributed by atoms with E-state index in [0.717, 1.165) is 12.1 Å². The van der Waals surface area contributed by atoms with Crippen molar-refractivity contribution in [3.05, 3.63) is 39.5 Å². The molecule has 110 valence electrons. The Morgan fingerprint density at radius 1 is 1.24 bits per heavy atom. The first-order chi connectivity index (χ1) is 9.77. The molecule has 21 heavy (non-hydrogen) atoms. The third-order valence-corrected chi connectivity index (χ3v) is 3.84. The summed E-state index contributed by atoms with van der Waals surface area (Å²) in [5.41, 5.74) is -0.719. The van der Waals surface area contributed by atoms with Crippen molar-refractivity contribution in [2.24, 2.45) is 0 Å². The smallest absolute Gasteiger partial charge is 0.223 e. The fourth-order valence-corrected chi connectivity index (χ4v) is 2.84. The van der Waals surface area contributed by atoms with Crippen LogP contribution in [-0.2, 0) is 6.18 Å². The van der Waals surface area contributed by atoms with Crippen LogP contribution in [0.5, 0.6) is 0 Å². The zero-order valence-corrected chi connectivity index (χ0v) is 12.7. The first-order valence-electron chi connectivity index (χ1n) is 5.38. The number of alkyl halides is 3. The summed E-state index contributed by atoms with van der Waals surface area (Å²) in [5.74, 6) is 0. The van der Waals surface area contributed by atoms with Crippen LogP contribution in [0.1, 0.15) is 11.3 Å². The number of rotatable bonds is 2. The second-order valence-electron chi connectivity index (χ2n) is 3.88. The standard InChI is InChI=1S/C12H6Cl2F3N3S/c1-21-10-4-7(5-18)19-20(10)11-8(13)2-6(3-9(11)14)12(15,16)17/h2-4H,1H3. The monoisotopic (exact) mass is 351 g/mol. The first kappa shape index (κ1) is 16.0. The van der Waals surface area contributed by atoms with Gasteiger partial charge in [-0.15, -0.1) is 11.8 Å². The molecule has 2 rings (SSSR count). The second kappa shape index (κ2) is 5.79. The minimum absolute atomic E-state index is 0.109. The van der Waals surface area contributed by atoms with Crippen LogP contribution in [0.15, 0.2) is 23.2 Å². The third-order valence-electron chi connectivity index (χ3n) is 2.56. The second-order valence-corrected chi connectivity index (χ2v) is 5.52. The molecule has 1 heterocycles. The molecular weight excluding hydrogens is 346 g/mol. The lowest BCUT2D eigenvalue weighted by atomic mass is 10.2. The van der Waals surface area contributed by atoms with Crippen LogP contribution in [0.4, 0.5) is 13.2 Å². The van der Waals surface area contributed by atoms with E-state index in [0.29, 0.717) is 5.03 Å². The Bertz CT molecular complexity index is 711. The maximum absolute atomic E-state index is 12.7. The van der Waals surface area contributed by atoms with Crippen LogP contribution >= 0.6 is 35.0 Å². The summed E-state index contributed by atoms with van der Waals surface area (Å²) in [7, 11) is 0. The van der Waals surface area contributed by atoms with E-state index in [1.165, 1.54) is 22.5 Å². The first-order valence-corrected chi connectivity index (χ1v) is 7.36. The molecule has 0 saturated carbocycles. The molecule has 0 N–H and O–H groups in total. The van der Waals surface area contributed by atoms with Crippen LogP contribution in [0.3, 0.4) is 0 Å².